The van der Waals surface area contributed by atoms with Crippen LogP contribution in [0.25, 0.3) is 0 Å². The van der Waals surface area contributed by atoms with Gasteiger partial charge in [-0.1, -0.05) is 77.6 Å². The monoisotopic (exact) mass is 400 g/mol. The maximum absolute atomic E-state index is 11.4. The van der Waals surface area contributed by atoms with Crippen LogP contribution in [0, 0.1) is 0 Å². The first-order valence-electron chi connectivity index (χ1n) is 9.93. The number of esters is 1. The Kier molecular flexibility index (Phi) is 20.6. The van der Waals surface area contributed by atoms with Crippen LogP contribution >= 0.6 is 0 Å². The fourth-order valence-corrected chi connectivity index (χ4v) is 3.95. The molecule has 0 aromatic heterocycles. The molecule has 0 N–H and O–H groups in total. The van der Waals surface area contributed by atoms with Gasteiger partial charge < -0.3 is 9.29 Å². The molecule has 150 valence electrons. The minimum atomic E-state index is -4.19. The number of carbonyl (C=O) groups excluding carboxylic acids is 1. The van der Waals surface area contributed by atoms with Gasteiger partial charge in [-0.2, -0.15) is 0 Å². The minimum Gasteiger partial charge on any atom is -0.748 e. The van der Waals surface area contributed by atoms with E-state index >= 15 is 0 Å². The van der Waals surface area contributed by atoms with Gasteiger partial charge in [0.25, 0.3) is 0 Å². The van der Waals surface area contributed by atoms with E-state index in [-0.39, 0.29) is 35.5 Å². The Morgan fingerprint density at radius 3 is 1.69 bits per heavy atom. The Hall–Kier alpha value is 0.380. The quantitative estimate of drug-likeness (QED) is 0.161. The number of hydrogen-bond acceptors (Lipinski definition) is 5. The van der Waals surface area contributed by atoms with Crippen LogP contribution in [0.2, 0.25) is 0 Å². The predicted octanol–water partition coefficient (Wildman–Crippen LogP) is 1.95. The number of rotatable bonds is 17. The normalized spacial score (nSPS) is 12.4. The van der Waals surface area contributed by atoms with E-state index in [9.17, 15) is 17.8 Å². The van der Waals surface area contributed by atoms with Gasteiger partial charge in [-0.3, -0.25) is 4.79 Å². The van der Waals surface area contributed by atoms with Crippen molar-refractivity contribution in [3.05, 3.63) is 0 Å². The van der Waals surface area contributed by atoms with E-state index in [0.717, 1.165) is 51.4 Å². The molecule has 0 aromatic rings. The van der Waals surface area contributed by atoms with Crippen molar-refractivity contribution in [2.45, 2.75) is 108 Å². The molecule has 0 aliphatic heterocycles. The molecule has 1 unspecified atom stereocenters. The third-order valence-corrected chi connectivity index (χ3v) is 5.96. The van der Waals surface area contributed by atoms with Gasteiger partial charge in [-0.05, 0) is 19.3 Å². The van der Waals surface area contributed by atoms with E-state index < -0.39 is 15.4 Å². The largest absolute Gasteiger partial charge is 1.00 e. The van der Waals surface area contributed by atoms with Crippen LogP contribution in [0.5, 0.6) is 0 Å². The SMILES string of the molecule is CCCCCCCCCC(CCCCCCCC(=O)OC)S(=O)(=O)[O-].[Na+]. The standard InChI is InChI=1S/C19H38O5S.Na/c1-3-4-5-6-7-9-12-15-18(25(21,22)23)16-13-10-8-11-14-17-19(20)24-2;/h18H,3-17H2,1-2H3,(H,21,22,23);/q;+1/p-1. The molecule has 0 radical (unpaired) electrons. The van der Waals surface area contributed by atoms with Gasteiger partial charge in [0, 0.05) is 11.7 Å². The molecular weight excluding hydrogens is 363 g/mol. The second-order valence-electron chi connectivity index (χ2n) is 6.91. The molecule has 0 aliphatic rings. The van der Waals surface area contributed by atoms with Crippen molar-refractivity contribution >= 4 is 16.1 Å². The van der Waals surface area contributed by atoms with E-state index in [1.807, 2.05) is 0 Å². The van der Waals surface area contributed by atoms with Crippen molar-refractivity contribution in [1.82, 2.24) is 0 Å². The van der Waals surface area contributed by atoms with Gasteiger partial charge in [0.2, 0.25) is 0 Å². The Bertz CT molecular complexity index is 426. The second-order valence-corrected chi connectivity index (χ2v) is 8.56. The fourth-order valence-electron chi connectivity index (χ4n) is 3.04. The predicted molar refractivity (Wildman–Crippen MR) is 100 cm³/mol. The summed E-state index contributed by atoms with van der Waals surface area (Å²) in [6.45, 7) is 2.18. The number of hydrogen-bond donors (Lipinski definition) is 0. The zero-order chi connectivity index (χ0) is 19.0. The molecule has 0 rings (SSSR count). The number of unbranched alkanes of at least 4 members (excludes halogenated alkanes) is 10. The molecule has 0 heterocycles. The molecule has 0 amide bonds. The molecule has 0 aromatic carbocycles. The number of ether oxygens (including phenoxy) is 1. The molecule has 7 heteroatoms. The maximum atomic E-state index is 11.4. The van der Waals surface area contributed by atoms with Crippen LogP contribution in [-0.2, 0) is 19.6 Å². The third kappa shape index (κ3) is 17.8. The Morgan fingerprint density at radius 2 is 1.27 bits per heavy atom. The smallest absolute Gasteiger partial charge is 0.748 e. The van der Waals surface area contributed by atoms with E-state index in [1.165, 1.54) is 32.8 Å². The minimum absolute atomic E-state index is 0. The van der Waals surface area contributed by atoms with E-state index in [0.29, 0.717) is 19.3 Å². The van der Waals surface area contributed by atoms with Crippen molar-refractivity contribution < 1.29 is 52.1 Å². The van der Waals surface area contributed by atoms with Crippen LogP contribution in [-0.4, -0.2) is 31.3 Å². The van der Waals surface area contributed by atoms with Gasteiger partial charge >= 0.3 is 35.5 Å². The third-order valence-electron chi connectivity index (χ3n) is 4.67. The summed E-state index contributed by atoms with van der Waals surface area (Å²) in [5.41, 5.74) is 0. The summed E-state index contributed by atoms with van der Waals surface area (Å²) in [5, 5.41) is -0.724. The summed E-state index contributed by atoms with van der Waals surface area (Å²) in [5.74, 6) is -0.188. The van der Waals surface area contributed by atoms with E-state index in [1.54, 1.807) is 0 Å². The molecule has 0 saturated heterocycles. The molecule has 0 aliphatic carbocycles. The summed E-state index contributed by atoms with van der Waals surface area (Å²) >= 11 is 0. The summed E-state index contributed by atoms with van der Waals surface area (Å²) in [7, 11) is -2.80. The van der Waals surface area contributed by atoms with Crippen molar-refractivity contribution in [2.75, 3.05) is 7.11 Å². The second kappa shape index (κ2) is 18.7. The Balaban J connectivity index is 0. The zero-order valence-electron chi connectivity index (χ0n) is 17.1. The van der Waals surface area contributed by atoms with Gasteiger partial charge in [0.15, 0.2) is 0 Å². The first-order chi connectivity index (χ1) is 11.9. The van der Waals surface area contributed by atoms with Crippen molar-refractivity contribution in [3.8, 4) is 0 Å². The molecule has 0 fully saturated rings. The van der Waals surface area contributed by atoms with Crippen molar-refractivity contribution in [3.63, 3.8) is 0 Å². The average molecular weight is 401 g/mol. The van der Waals surface area contributed by atoms with E-state index in [2.05, 4.69) is 11.7 Å². The molecular formula is C19H37NaO5S. The number of methoxy groups -OCH3 is 1. The topological polar surface area (TPSA) is 83.5 Å². The molecule has 0 spiro atoms. The van der Waals surface area contributed by atoms with Crippen LogP contribution < -0.4 is 29.6 Å². The number of carbonyl (C=O) groups is 1. The molecule has 1 atom stereocenters. The van der Waals surface area contributed by atoms with Crippen LogP contribution in [0.1, 0.15) is 103 Å². The molecule has 0 saturated carbocycles. The van der Waals surface area contributed by atoms with E-state index in [4.69, 9.17) is 0 Å². The van der Waals surface area contributed by atoms with Crippen molar-refractivity contribution in [1.29, 1.82) is 0 Å². The summed E-state index contributed by atoms with van der Waals surface area (Å²) in [6, 6.07) is 0. The van der Waals surface area contributed by atoms with Gasteiger partial charge in [-0.15, -0.1) is 0 Å². The average Bonchev–Trinajstić information content (AvgIpc) is 2.56. The Labute approximate surface area is 183 Å². The fraction of sp³-hybridized carbons (Fsp3) is 0.947. The van der Waals surface area contributed by atoms with Gasteiger partial charge in [0.1, 0.15) is 0 Å². The maximum Gasteiger partial charge on any atom is 1.00 e. The van der Waals surface area contributed by atoms with Gasteiger partial charge in [0.05, 0.1) is 17.2 Å². The first kappa shape index (κ1) is 28.6. The van der Waals surface area contributed by atoms with Crippen LogP contribution in [0.3, 0.4) is 0 Å². The van der Waals surface area contributed by atoms with Crippen molar-refractivity contribution in [2.24, 2.45) is 0 Å². The van der Waals surface area contributed by atoms with Crippen LogP contribution in [0.4, 0.5) is 0 Å². The summed E-state index contributed by atoms with van der Waals surface area (Å²) in [4.78, 5) is 11.0. The zero-order valence-corrected chi connectivity index (χ0v) is 19.9. The molecule has 5 nitrogen and oxygen atoms in total. The Morgan fingerprint density at radius 1 is 0.846 bits per heavy atom. The summed E-state index contributed by atoms with van der Waals surface area (Å²) in [6.07, 6.45) is 13.7. The first-order valence-corrected chi connectivity index (χ1v) is 11.4. The molecule has 0 bridgehead atoms. The van der Waals surface area contributed by atoms with Crippen LogP contribution in [0.15, 0.2) is 0 Å². The molecule has 26 heavy (non-hydrogen) atoms. The van der Waals surface area contributed by atoms with Gasteiger partial charge in [-0.25, -0.2) is 8.42 Å². The summed E-state index contributed by atoms with van der Waals surface area (Å²) < 4.78 is 38.8.